The fourth-order valence-corrected chi connectivity index (χ4v) is 1.13. The Morgan fingerprint density at radius 2 is 1.31 bits per heavy atom. The monoisotopic (exact) mass is 240 g/mol. The van der Waals surface area contributed by atoms with E-state index in [9.17, 15) is 14.2 Å². The summed E-state index contributed by atoms with van der Waals surface area (Å²) in [6.07, 6.45) is 0.0208. The molecule has 0 aromatic carbocycles. The van der Waals surface area contributed by atoms with Crippen LogP contribution in [0.5, 0.6) is 0 Å². The van der Waals surface area contributed by atoms with Crippen LogP contribution in [0, 0.1) is 0 Å². The second-order valence-electron chi connectivity index (χ2n) is 3.15. The third kappa shape index (κ3) is 110. The molecule has 0 aromatic rings. The highest BCUT2D eigenvalue weighted by molar-refractivity contribution is 7.63. The van der Waals surface area contributed by atoms with Crippen molar-refractivity contribution in [1.82, 2.24) is 0 Å². The Labute approximate surface area is 99.0 Å². The van der Waals surface area contributed by atoms with Gasteiger partial charge in [-0.2, -0.15) is 0 Å². The standard InChI is InChI=1S/C4H8BO2P.C2H3BO.CHBO2/c1-8(2,7)3-4(5)6;1-2(3)4;2-1(3)4/h3H2,1-2H3;1H3;(H,3,4). The Bertz CT molecular complexity index is 266. The van der Waals surface area contributed by atoms with Gasteiger partial charge in [0.2, 0.25) is 13.7 Å². The van der Waals surface area contributed by atoms with E-state index in [4.69, 9.17) is 17.7 Å². The van der Waals surface area contributed by atoms with Crippen molar-refractivity contribution in [2.75, 3.05) is 19.5 Å². The predicted molar refractivity (Wildman–Crippen MR) is 65.3 cm³/mol. The number of carbonyl (C=O) groups excluding carboxylic acids is 2. The molecule has 0 saturated heterocycles. The SMILES string of the molecule is [B]C(=O)CP(C)(C)=O.[B]C(=O)O.[B]C(C)=O. The fourth-order valence-electron chi connectivity index (χ4n) is 0.375. The van der Waals surface area contributed by atoms with Gasteiger partial charge in [-0.15, -0.1) is 0 Å². The molecule has 9 heteroatoms. The third-order valence-corrected chi connectivity index (χ3v) is 1.61. The number of rotatable bonds is 2. The van der Waals surface area contributed by atoms with Gasteiger partial charge in [-0.25, -0.2) is 0 Å². The average molecular weight is 240 g/mol. The molecule has 0 spiro atoms. The van der Waals surface area contributed by atoms with Crippen LogP contribution in [0.2, 0.25) is 0 Å². The minimum Gasteiger partial charge on any atom is -0.490 e. The predicted octanol–water partition coefficient (Wildman–Crippen LogP) is -0.162. The van der Waals surface area contributed by atoms with Crippen molar-refractivity contribution in [3.05, 3.63) is 0 Å². The van der Waals surface area contributed by atoms with Crippen molar-refractivity contribution >= 4 is 47.9 Å². The summed E-state index contributed by atoms with van der Waals surface area (Å²) in [7, 11) is 11.1. The molecule has 0 aliphatic rings. The molecule has 0 aliphatic carbocycles. The molecule has 0 fully saturated rings. The molecule has 0 amide bonds. The van der Waals surface area contributed by atoms with Gasteiger partial charge in [0, 0.05) is 6.16 Å². The van der Waals surface area contributed by atoms with E-state index in [1.165, 1.54) is 20.3 Å². The van der Waals surface area contributed by atoms with Crippen LogP contribution in [0.4, 0.5) is 4.79 Å². The Morgan fingerprint density at radius 3 is 1.31 bits per heavy atom. The van der Waals surface area contributed by atoms with E-state index in [2.05, 4.69) is 15.7 Å². The van der Waals surface area contributed by atoms with E-state index in [0.29, 0.717) is 0 Å². The zero-order valence-corrected chi connectivity index (χ0v) is 10.4. The molecule has 6 radical (unpaired) electrons. The summed E-state index contributed by atoms with van der Waals surface area (Å²) in [5, 5.41) is 7.19. The van der Waals surface area contributed by atoms with E-state index in [1.54, 1.807) is 0 Å². The molecular formula is C7H12B3O5P. The highest BCUT2D eigenvalue weighted by Crippen LogP contribution is 2.34. The van der Waals surface area contributed by atoms with Crippen LogP contribution in [0.1, 0.15) is 6.92 Å². The number of carbonyl (C=O) groups is 3. The van der Waals surface area contributed by atoms with Crippen molar-refractivity contribution in [2.24, 2.45) is 0 Å². The molecular weight excluding hydrogens is 227 g/mol. The number of hydrogen-bond donors (Lipinski definition) is 1. The average Bonchev–Trinajstić information content (AvgIpc) is 1.74. The van der Waals surface area contributed by atoms with E-state index >= 15 is 0 Å². The van der Waals surface area contributed by atoms with Gasteiger partial charge in [-0.3, -0.25) is 4.79 Å². The van der Waals surface area contributed by atoms with E-state index in [0.717, 1.165) is 0 Å². The summed E-state index contributed by atoms with van der Waals surface area (Å²) in [4.78, 5) is 28.1. The van der Waals surface area contributed by atoms with Gasteiger partial charge < -0.3 is 19.3 Å². The molecule has 84 valence electrons. The lowest BCUT2D eigenvalue weighted by Gasteiger charge is -1.99. The highest BCUT2D eigenvalue weighted by Gasteiger charge is 2.08. The quantitative estimate of drug-likeness (QED) is 0.534. The lowest BCUT2D eigenvalue weighted by atomic mass is 10.1. The molecule has 1 N–H and O–H groups in total. The first-order valence-electron chi connectivity index (χ1n) is 3.95. The molecule has 0 aromatic heterocycles. The fraction of sp³-hybridized carbons (Fsp3) is 0.571. The lowest BCUT2D eigenvalue weighted by molar-refractivity contribution is -0.110. The van der Waals surface area contributed by atoms with Gasteiger partial charge >= 0.3 is 0 Å². The van der Waals surface area contributed by atoms with Crippen LogP contribution < -0.4 is 0 Å². The van der Waals surface area contributed by atoms with E-state index in [1.807, 2.05) is 0 Å². The first-order valence-corrected chi connectivity index (χ1v) is 6.74. The van der Waals surface area contributed by atoms with Gasteiger partial charge in [-0.1, -0.05) is 0 Å². The number of hydrogen-bond acceptors (Lipinski definition) is 4. The maximum Gasteiger partial charge on any atom is 0.233 e. The minimum atomic E-state index is -2.20. The largest absolute Gasteiger partial charge is 0.490 e. The second kappa shape index (κ2) is 10.7. The van der Waals surface area contributed by atoms with Crippen LogP contribution in [-0.2, 0) is 14.2 Å². The van der Waals surface area contributed by atoms with Gasteiger partial charge in [0.05, 0.1) is 18.5 Å². The van der Waals surface area contributed by atoms with Crippen molar-refractivity contribution in [1.29, 1.82) is 0 Å². The molecule has 0 aliphatic heterocycles. The second-order valence-corrected chi connectivity index (χ2v) is 6.61. The number of carboxylic acid groups (broad SMARTS) is 1. The lowest BCUT2D eigenvalue weighted by Crippen LogP contribution is -2.02. The Hall–Kier alpha value is -0.765. The summed E-state index contributed by atoms with van der Waals surface area (Å²) < 4.78 is 10.7. The van der Waals surface area contributed by atoms with E-state index < -0.39 is 18.7 Å². The first kappa shape index (κ1) is 20.6. The van der Waals surface area contributed by atoms with Gasteiger partial charge in [0.15, 0.2) is 15.7 Å². The molecule has 0 atom stereocenters. The molecule has 5 nitrogen and oxygen atoms in total. The van der Waals surface area contributed by atoms with Crippen LogP contribution in [0.25, 0.3) is 0 Å². The zero-order chi connectivity index (χ0) is 13.9. The Morgan fingerprint density at radius 1 is 1.12 bits per heavy atom. The summed E-state index contributed by atoms with van der Waals surface area (Å²) in [5.74, 6) is -1.33. The molecule has 0 saturated carbocycles. The smallest absolute Gasteiger partial charge is 0.233 e. The van der Waals surface area contributed by atoms with Crippen LogP contribution >= 0.6 is 7.14 Å². The molecule has 0 heterocycles. The Kier molecular flexibility index (Phi) is 13.8. The van der Waals surface area contributed by atoms with Crippen LogP contribution in [0.3, 0.4) is 0 Å². The maximum atomic E-state index is 10.7. The first-order chi connectivity index (χ1) is 6.88. The maximum absolute atomic E-state index is 10.7. The van der Waals surface area contributed by atoms with Crippen molar-refractivity contribution in [3.8, 4) is 0 Å². The summed E-state index contributed by atoms with van der Waals surface area (Å²) >= 11 is 0. The Balaban J connectivity index is -0.000000179. The highest BCUT2D eigenvalue weighted by atomic mass is 31.2. The topological polar surface area (TPSA) is 88.5 Å². The normalized spacial score (nSPS) is 8.69. The van der Waals surface area contributed by atoms with E-state index in [-0.39, 0.29) is 11.8 Å². The third-order valence-electron chi connectivity index (χ3n) is 0.537. The summed E-state index contributed by atoms with van der Waals surface area (Å²) in [6, 6.07) is 0. The van der Waals surface area contributed by atoms with Gasteiger partial charge in [0.25, 0.3) is 0 Å². The summed E-state index contributed by atoms with van der Waals surface area (Å²) in [6.45, 7) is 4.38. The van der Waals surface area contributed by atoms with Crippen LogP contribution in [0.15, 0.2) is 0 Å². The zero-order valence-electron chi connectivity index (χ0n) is 9.47. The summed E-state index contributed by atoms with van der Waals surface area (Å²) in [5.41, 5.74) is -0.821. The van der Waals surface area contributed by atoms with Crippen LogP contribution in [-0.4, -0.2) is 65.4 Å². The van der Waals surface area contributed by atoms with Crippen molar-refractivity contribution in [2.45, 2.75) is 6.92 Å². The van der Waals surface area contributed by atoms with Gasteiger partial charge in [0.1, 0.15) is 0 Å². The van der Waals surface area contributed by atoms with Gasteiger partial charge in [-0.05, 0) is 20.3 Å². The van der Waals surface area contributed by atoms with Crippen molar-refractivity contribution in [3.63, 3.8) is 0 Å². The molecule has 16 heavy (non-hydrogen) atoms. The minimum absolute atomic E-state index is 0.0208. The molecule has 0 rings (SSSR count). The molecule has 0 bridgehead atoms. The molecule has 0 unspecified atom stereocenters. The van der Waals surface area contributed by atoms with Crippen molar-refractivity contribution < 1.29 is 24.1 Å².